The van der Waals surface area contributed by atoms with Crippen LogP contribution < -0.4 is 14.8 Å². The number of rotatable bonds is 6. The van der Waals surface area contributed by atoms with E-state index < -0.39 is 0 Å². The highest BCUT2D eigenvalue weighted by Gasteiger charge is 2.26. The van der Waals surface area contributed by atoms with Crippen LogP contribution in [0.15, 0.2) is 54.7 Å². The quantitative estimate of drug-likeness (QED) is 0.637. The number of anilines is 1. The molecular formula is C21H28N6S+2. The first-order valence-corrected chi connectivity index (χ1v) is 10.4. The lowest BCUT2D eigenvalue weighted by atomic mass is 10.1. The summed E-state index contributed by atoms with van der Waals surface area (Å²) in [5.74, 6) is 2.24. The minimum atomic E-state index is 0.818. The average molecular weight is 397 g/mol. The van der Waals surface area contributed by atoms with Crippen LogP contribution in [-0.4, -0.2) is 40.5 Å². The number of aromatic amines is 1. The fourth-order valence-corrected chi connectivity index (χ4v) is 4.17. The van der Waals surface area contributed by atoms with Gasteiger partial charge in [-0.25, -0.2) is 4.98 Å². The molecule has 0 amide bonds. The Morgan fingerprint density at radius 1 is 1.07 bits per heavy atom. The molecule has 3 aromatic rings. The van der Waals surface area contributed by atoms with E-state index in [2.05, 4.69) is 57.8 Å². The van der Waals surface area contributed by atoms with Gasteiger partial charge in [-0.2, -0.15) is 9.78 Å². The van der Waals surface area contributed by atoms with E-state index in [4.69, 9.17) is 17.3 Å². The zero-order valence-corrected chi connectivity index (χ0v) is 17.2. The molecule has 1 saturated heterocycles. The maximum atomic E-state index is 5.73. The van der Waals surface area contributed by atoms with Crippen molar-refractivity contribution in [2.24, 2.45) is 0 Å². The molecule has 0 aliphatic carbocycles. The fraction of sp³-hybridized carbons (Fsp3) is 0.381. The van der Waals surface area contributed by atoms with Gasteiger partial charge in [-0.15, -0.1) is 0 Å². The second-order valence-corrected chi connectivity index (χ2v) is 7.61. The summed E-state index contributed by atoms with van der Waals surface area (Å²) in [5, 5.41) is 4.88. The molecule has 3 heterocycles. The molecule has 1 aliphatic rings. The summed E-state index contributed by atoms with van der Waals surface area (Å²) in [4.78, 5) is 7.27. The Kier molecular flexibility index (Phi) is 5.83. The normalized spacial score (nSPS) is 15.1. The van der Waals surface area contributed by atoms with Crippen molar-refractivity contribution in [3.63, 3.8) is 0 Å². The maximum absolute atomic E-state index is 5.73. The summed E-state index contributed by atoms with van der Waals surface area (Å²) in [5.41, 5.74) is 1.27. The number of pyridine rings is 1. The van der Waals surface area contributed by atoms with Crippen LogP contribution >= 0.6 is 12.2 Å². The molecule has 2 aromatic heterocycles. The number of H-pyrrole nitrogens is 1. The predicted molar refractivity (Wildman–Crippen MR) is 112 cm³/mol. The van der Waals surface area contributed by atoms with Gasteiger partial charge in [0.05, 0.1) is 6.20 Å². The van der Waals surface area contributed by atoms with Gasteiger partial charge in [-0.1, -0.05) is 36.4 Å². The summed E-state index contributed by atoms with van der Waals surface area (Å²) in [6.45, 7) is 8.06. The van der Waals surface area contributed by atoms with Crippen molar-refractivity contribution in [1.82, 2.24) is 14.3 Å². The molecule has 7 heteroatoms. The van der Waals surface area contributed by atoms with Gasteiger partial charge < -0.3 is 9.47 Å². The average Bonchev–Trinajstić information content (AvgIpc) is 3.04. The Morgan fingerprint density at radius 3 is 2.50 bits per heavy atom. The van der Waals surface area contributed by atoms with E-state index in [-0.39, 0.29) is 0 Å². The highest BCUT2D eigenvalue weighted by Crippen LogP contribution is 2.09. The van der Waals surface area contributed by atoms with Gasteiger partial charge in [0.1, 0.15) is 32.0 Å². The highest BCUT2D eigenvalue weighted by molar-refractivity contribution is 7.71. The third-order valence-corrected chi connectivity index (χ3v) is 5.83. The van der Waals surface area contributed by atoms with Crippen LogP contribution in [0.2, 0.25) is 0 Å². The number of piperazine rings is 1. The lowest BCUT2D eigenvalue weighted by Gasteiger charge is -2.27. The lowest BCUT2D eigenvalue weighted by Crippen LogP contribution is -3.14. The molecule has 1 aromatic carbocycles. The van der Waals surface area contributed by atoms with Crippen LogP contribution in [0.3, 0.4) is 0 Å². The van der Waals surface area contributed by atoms with E-state index in [0.29, 0.717) is 0 Å². The van der Waals surface area contributed by atoms with Crippen LogP contribution in [0.1, 0.15) is 18.3 Å². The van der Waals surface area contributed by atoms with Gasteiger partial charge in [0.15, 0.2) is 6.67 Å². The molecule has 0 radical (unpaired) electrons. The SMILES string of the molecule is CCn1c(Cc2ccccc2)nn(C[NH+]2CCN(c3cccc[nH+]3)CC2)c1=S. The maximum Gasteiger partial charge on any atom is 0.274 e. The summed E-state index contributed by atoms with van der Waals surface area (Å²) in [7, 11) is 0. The second kappa shape index (κ2) is 8.67. The zero-order chi connectivity index (χ0) is 19.3. The third-order valence-electron chi connectivity index (χ3n) is 5.40. The molecule has 28 heavy (non-hydrogen) atoms. The van der Waals surface area contributed by atoms with Crippen LogP contribution in [0, 0.1) is 4.77 Å². The largest absolute Gasteiger partial charge is 0.310 e. The van der Waals surface area contributed by atoms with Gasteiger partial charge in [0, 0.05) is 19.0 Å². The molecule has 4 rings (SSSR count). The zero-order valence-electron chi connectivity index (χ0n) is 16.3. The Bertz CT molecular complexity index is 942. The molecule has 2 N–H and O–H groups in total. The number of nitrogens with one attached hydrogen (secondary N) is 2. The molecule has 0 spiro atoms. The Hall–Kier alpha value is -2.51. The summed E-state index contributed by atoms with van der Waals surface area (Å²) >= 11 is 5.73. The first kappa shape index (κ1) is 18.8. The Morgan fingerprint density at radius 2 is 1.82 bits per heavy atom. The van der Waals surface area contributed by atoms with Gasteiger partial charge in [0.2, 0.25) is 4.77 Å². The Balaban J connectivity index is 1.43. The van der Waals surface area contributed by atoms with E-state index in [9.17, 15) is 0 Å². The third kappa shape index (κ3) is 4.15. The predicted octanol–water partition coefficient (Wildman–Crippen LogP) is 1.20. The van der Waals surface area contributed by atoms with E-state index in [1.807, 2.05) is 23.0 Å². The topological polar surface area (TPSA) is 44.6 Å². The number of hydrogen-bond donors (Lipinski definition) is 1. The van der Waals surface area contributed by atoms with Gasteiger partial charge in [0.25, 0.3) is 5.82 Å². The number of aromatic nitrogens is 4. The first-order chi connectivity index (χ1) is 13.7. The van der Waals surface area contributed by atoms with E-state index in [0.717, 1.165) is 56.4 Å². The summed E-state index contributed by atoms with van der Waals surface area (Å²) in [6.07, 6.45) is 2.80. The van der Waals surface area contributed by atoms with Gasteiger partial charge >= 0.3 is 0 Å². The van der Waals surface area contributed by atoms with E-state index in [1.54, 1.807) is 0 Å². The van der Waals surface area contributed by atoms with Crippen molar-refractivity contribution >= 4 is 18.0 Å². The minimum Gasteiger partial charge on any atom is -0.310 e. The molecule has 0 saturated carbocycles. The molecule has 1 aliphatic heterocycles. The molecule has 0 unspecified atom stereocenters. The van der Waals surface area contributed by atoms with Crippen molar-refractivity contribution in [2.75, 3.05) is 31.1 Å². The van der Waals surface area contributed by atoms with Crippen molar-refractivity contribution in [1.29, 1.82) is 0 Å². The first-order valence-electron chi connectivity index (χ1n) is 10.00. The number of hydrogen-bond acceptors (Lipinski definition) is 3. The number of benzene rings is 1. The van der Waals surface area contributed by atoms with Crippen molar-refractivity contribution in [3.8, 4) is 0 Å². The summed E-state index contributed by atoms with van der Waals surface area (Å²) in [6, 6.07) is 16.7. The van der Waals surface area contributed by atoms with Crippen LogP contribution in [0.4, 0.5) is 5.82 Å². The minimum absolute atomic E-state index is 0.818. The Labute approximate surface area is 171 Å². The second-order valence-electron chi connectivity index (χ2n) is 7.25. The van der Waals surface area contributed by atoms with Gasteiger partial charge in [-0.05, 0) is 30.8 Å². The monoisotopic (exact) mass is 396 g/mol. The van der Waals surface area contributed by atoms with Gasteiger partial charge in [-0.3, -0.25) is 4.90 Å². The van der Waals surface area contributed by atoms with Crippen molar-refractivity contribution in [3.05, 3.63) is 70.9 Å². The molecule has 0 bridgehead atoms. The van der Waals surface area contributed by atoms with Crippen LogP contribution in [0.5, 0.6) is 0 Å². The fourth-order valence-electron chi connectivity index (χ4n) is 3.83. The van der Waals surface area contributed by atoms with Crippen molar-refractivity contribution in [2.45, 2.75) is 26.6 Å². The molecule has 0 atom stereocenters. The smallest absolute Gasteiger partial charge is 0.274 e. The lowest BCUT2D eigenvalue weighted by molar-refractivity contribution is -0.924. The molecule has 1 fully saturated rings. The standard InChI is InChI=1S/C21H26N6S/c1-2-26-20(16-18-8-4-3-5-9-18)23-27(21(26)28)17-24-12-14-25(15-13-24)19-10-6-7-11-22-19/h3-11H,2,12-17H2,1H3/p+2. The van der Waals surface area contributed by atoms with Crippen molar-refractivity contribution < 1.29 is 9.88 Å². The highest BCUT2D eigenvalue weighted by atomic mass is 32.1. The summed E-state index contributed by atoms with van der Waals surface area (Å²) < 4.78 is 5.02. The molecule has 6 nitrogen and oxygen atoms in total. The molecule has 146 valence electrons. The van der Waals surface area contributed by atoms with E-state index in [1.165, 1.54) is 16.3 Å². The molecular weight excluding hydrogens is 368 g/mol. The van der Waals surface area contributed by atoms with Crippen LogP contribution in [-0.2, 0) is 19.6 Å². The van der Waals surface area contributed by atoms with E-state index >= 15 is 0 Å². The number of nitrogens with zero attached hydrogens (tertiary/aromatic N) is 4. The van der Waals surface area contributed by atoms with Crippen LogP contribution in [0.25, 0.3) is 0 Å². The number of quaternary nitrogens is 1.